The first-order valence-corrected chi connectivity index (χ1v) is 4.23. The zero-order valence-electron chi connectivity index (χ0n) is 7.11. The number of halogens is 1. The first-order valence-electron chi connectivity index (χ1n) is 3.43. The van der Waals surface area contributed by atoms with Gasteiger partial charge in [-0.3, -0.25) is 0 Å². The van der Waals surface area contributed by atoms with Gasteiger partial charge >= 0.3 is 0 Å². The molecule has 58 valence electrons. The van der Waals surface area contributed by atoms with Gasteiger partial charge in [-0.05, 0) is 27.7 Å². The quantitative estimate of drug-likeness (QED) is 0.474. The van der Waals surface area contributed by atoms with Gasteiger partial charge in [-0.15, -0.1) is 0 Å². The Balaban J connectivity index is 3.90. The van der Waals surface area contributed by atoms with Crippen LogP contribution in [-0.4, -0.2) is 4.32 Å². The molecule has 0 radical (unpaired) electrons. The predicted octanol–water partition coefficient (Wildman–Crippen LogP) is 3.68. The zero-order valence-corrected chi connectivity index (χ0v) is 8.70. The summed E-state index contributed by atoms with van der Waals surface area (Å²) in [6.45, 7) is 8.40. The molecule has 0 rings (SSSR count). The largest absolute Gasteiger partial charge is 0.0814 e. The molecular weight excluding hydrogens is 188 g/mol. The maximum absolute atomic E-state index is 3.51. The van der Waals surface area contributed by atoms with Gasteiger partial charge in [-0.1, -0.05) is 39.7 Å². The van der Waals surface area contributed by atoms with Gasteiger partial charge in [0.25, 0.3) is 0 Å². The van der Waals surface area contributed by atoms with E-state index in [1.807, 2.05) is 0 Å². The molecule has 0 bridgehead atoms. The Morgan fingerprint density at radius 1 is 1.30 bits per heavy atom. The van der Waals surface area contributed by atoms with E-state index in [-0.39, 0.29) is 4.32 Å². The Morgan fingerprint density at radius 3 is 2.10 bits per heavy atom. The van der Waals surface area contributed by atoms with Gasteiger partial charge in [-0.25, -0.2) is 0 Å². The van der Waals surface area contributed by atoms with E-state index in [4.69, 9.17) is 0 Å². The highest BCUT2D eigenvalue weighted by Gasteiger charge is 2.04. The average Bonchev–Trinajstić information content (AvgIpc) is 1.59. The van der Waals surface area contributed by atoms with Crippen LogP contribution in [0.5, 0.6) is 0 Å². The van der Waals surface area contributed by atoms with Crippen LogP contribution in [0.25, 0.3) is 0 Å². The predicted molar refractivity (Wildman–Crippen MR) is 51.6 cm³/mol. The van der Waals surface area contributed by atoms with Crippen molar-refractivity contribution >= 4 is 15.9 Å². The second-order valence-corrected chi connectivity index (χ2v) is 5.21. The Hall–Kier alpha value is -0.0400. The maximum atomic E-state index is 3.51. The molecule has 1 heteroatoms. The monoisotopic (exact) mass is 202 g/mol. The lowest BCUT2D eigenvalue weighted by Crippen LogP contribution is -2.02. The van der Waals surface area contributed by atoms with Crippen LogP contribution in [0.3, 0.4) is 0 Å². The highest BCUT2D eigenvalue weighted by Crippen LogP contribution is 2.16. The van der Waals surface area contributed by atoms with E-state index in [1.165, 1.54) is 5.57 Å². The summed E-state index contributed by atoms with van der Waals surface area (Å²) in [5, 5.41) is 0. The third-order valence-corrected chi connectivity index (χ3v) is 1.19. The van der Waals surface area contributed by atoms with Gasteiger partial charge in [0.15, 0.2) is 0 Å². The van der Waals surface area contributed by atoms with Crippen LogP contribution in [0.1, 0.15) is 27.7 Å². The van der Waals surface area contributed by atoms with E-state index in [2.05, 4.69) is 61.9 Å². The van der Waals surface area contributed by atoms with E-state index in [0.29, 0.717) is 0 Å². The number of rotatable bonds is 2. The highest BCUT2D eigenvalue weighted by molar-refractivity contribution is 9.10. The minimum absolute atomic E-state index is 0.124. The summed E-state index contributed by atoms with van der Waals surface area (Å²) in [5.74, 6) is 0. The fraction of sp³-hybridized carbons (Fsp3) is 0.556. The number of alkyl halides is 1. The van der Waals surface area contributed by atoms with E-state index in [0.717, 1.165) is 0 Å². The summed E-state index contributed by atoms with van der Waals surface area (Å²) in [4.78, 5) is 0. The standard InChI is InChI=1S/C9H15Br/c1-8(2)6-5-7-9(3,4)10/h5-7H,1-4H3/b7-5+. The summed E-state index contributed by atoms with van der Waals surface area (Å²) in [7, 11) is 0. The molecular formula is C9H15Br. The van der Waals surface area contributed by atoms with Crippen LogP contribution in [0, 0.1) is 0 Å². The SMILES string of the molecule is CC(C)=C/C=C/C(C)(C)Br. The smallest absolute Gasteiger partial charge is 0.0383 e. The lowest BCUT2D eigenvalue weighted by molar-refractivity contribution is 0.921. The second kappa shape index (κ2) is 3.97. The van der Waals surface area contributed by atoms with Gasteiger partial charge in [0.2, 0.25) is 0 Å². The Labute approximate surface area is 72.1 Å². The van der Waals surface area contributed by atoms with Crippen molar-refractivity contribution in [1.29, 1.82) is 0 Å². The molecule has 0 aromatic carbocycles. The first kappa shape index (κ1) is 9.96. The molecule has 0 saturated carbocycles. The van der Waals surface area contributed by atoms with Gasteiger partial charge in [0, 0.05) is 4.32 Å². The summed E-state index contributed by atoms with van der Waals surface area (Å²) in [6.07, 6.45) is 6.30. The summed E-state index contributed by atoms with van der Waals surface area (Å²) >= 11 is 3.51. The van der Waals surface area contributed by atoms with Crippen molar-refractivity contribution in [3.05, 3.63) is 23.8 Å². The lowest BCUT2D eigenvalue weighted by Gasteiger charge is -2.07. The molecule has 0 aliphatic carbocycles. The van der Waals surface area contributed by atoms with Crippen molar-refractivity contribution in [1.82, 2.24) is 0 Å². The molecule has 10 heavy (non-hydrogen) atoms. The number of hydrogen-bond donors (Lipinski definition) is 0. The van der Waals surface area contributed by atoms with Crippen LogP contribution in [-0.2, 0) is 0 Å². The third-order valence-electron chi connectivity index (χ3n) is 0.922. The van der Waals surface area contributed by atoms with Crippen LogP contribution in [0.15, 0.2) is 23.8 Å². The Bertz CT molecular complexity index is 143. The van der Waals surface area contributed by atoms with E-state index in [9.17, 15) is 0 Å². The van der Waals surface area contributed by atoms with Gasteiger partial charge in [0.1, 0.15) is 0 Å². The molecule has 0 fully saturated rings. The lowest BCUT2D eigenvalue weighted by atomic mass is 10.2. The van der Waals surface area contributed by atoms with Crippen molar-refractivity contribution in [3.63, 3.8) is 0 Å². The minimum atomic E-state index is 0.124. The van der Waals surface area contributed by atoms with Gasteiger partial charge < -0.3 is 0 Å². The number of allylic oxidation sites excluding steroid dienone is 4. The molecule has 0 spiro atoms. The van der Waals surface area contributed by atoms with Crippen LogP contribution < -0.4 is 0 Å². The second-order valence-electron chi connectivity index (χ2n) is 3.17. The van der Waals surface area contributed by atoms with E-state index < -0.39 is 0 Å². The minimum Gasteiger partial charge on any atom is -0.0814 e. The third kappa shape index (κ3) is 7.96. The summed E-state index contributed by atoms with van der Waals surface area (Å²) in [5.41, 5.74) is 1.33. The molecule has 0 aromatic heterocycles. The molecule has 0 aromatic rings. The van der Waals surface area contributed by atoms with Crippen LogP contribution >= 0.6 is 15.9 Å². The van der Waals surface area contributed by atoms with Crippen molar-refractivity contribution in [3.8, 4) is 0 Å². The molecule has 0 nitrogen and oxygen atoms in total. The van der Waals surface area contributed by atoms with Crippen molar-refractivity contribution < 1.29 is 0 Å². The fourth-order valence-electron chi connectivity index (χ4n) is 0.469. The van der Waals surface area contributed by atoms with E-state index >= 15 is 0 Å². The molecule has 0 atom stereocenters. The fourth-order valence-corrected chi connectivity index (χ4v) is 0.622. The first-order chi connectivity index (χ1) is 4.42. The molecule has 0 heterocycles. The summed E-state index contributed by atoms with van der Waals surface area (Å²) < 4.78 is 0.124. The van der Waals surface area contributed by atoms with Gasteiger partial charge in [-0.2, -0.15) is 0 Å². The Kier molecular flexibility index (Phi) is 3.95. The molecule has 0 saturated heterocycles. The van der Waals surface area contributed by atoms with Crippen molar-refractivity contribution in [2.24, 2.45) is 0 Å². The van der Waals surface area contributed by atoms with Gasteiger partial charge in [0.05, 0.1) is 0 Å². The topological polar surface area (TPSA) is 0 Å². The van der Waals surface area contributed by atoms with E-state index in [1.54, 1.807) is 0 Å². The molecule has 0 aliphatic rings. The molecule has 0 N–H and O–H groups in total. The highest BCUT2D eigenvalue weighted by atomic mass is 79.9. The van der Waals surface area contributed by atoms with Crippen molar-refractivity contribution in [2.45, 2.75) is 32.0 Å². The molecule has 0 amide bonds. The average molecular weight is 203 g/mol. The molecule has 0 unspecified atom stereocenters. The maximum Gasteiger partial charge on any atom is 0.0383 e. The van der Waals surface area contributed by atoms with Crippen molar-refractivity contribution in [2.75, 3.05) is 0 Å². The Morgan fingerprint density at radius 2 is 1.80 bits per heavy atom. The number of hydrogen-bond acceptors (Lipinski definition) is 0. The zero-order chi connectivity index (χ0) is 8.20. The summed E-state index contributed by atoms with van der Waals surface area (Å²) in [6, 6.07) is 0. The molecule has 0 aliphatic heterocycles. The van der Waals surface area contributed by atoms with Crippen LogP contribution in [0.2, 0.25) is 0 Å². The van der Waals surface area contributed by atoms with Crippen LogP contribution in [0.4, 0.5) is 0 Å². The normalized spacial score (nSPS) is 12.1.